The van der Waals surface area contributed by atoms with E-state index in [0.29, 0.717) is 11.5 Å². The fourth-order valence-electron chi connectivity index (χ4n) is 2.48. The summed E-state index contributed by atoms with van der Waals surface area (Å²) in [5.74, 6) is 0.935. The van der Waals surface area contributed by atoms with Crippen molar-refractivity contribution < 1.29 is 9.47 Å². The van der Waals surface area contributed by atoms with E-state index in [4.69, 9.17) is 9.47 Å². The van der Waals surface area contributed by atoms with Gasteiger partial charge in [0.05, 0.1) is 12.7 Å². The minimum absolute atomic E-state index is 0.369. The van der Waals surface area contributed by atoms with Gasteiger partial charge in [0.25, 0.3) is 0 Å². The second kappa shape index (κ2) is 4.19. The van der Waals surface area contributed by atoms with Crippen LogP contribution in [0.4, 0.5) is 0 Å². The maximum atomic E-state index is 5.83. The Hall–Kier alpha value is -0.0800. The minimum Gasteiger partial charge on any atom is -0.381 e. The Kier molecular flexibility index (Phi) is 3.13. The van der Waals surface area contributed by atoms with E-state index in [0.717, 1.165) is 25.7 Å². The van der Waals surface area contributed by atoms with Crippen LogP contribution in [0.15, 0.2) is 0 Å². The van der Waals surface area contributed by atoms with Gasteiger partial charge < -0.3 is 9.47 Å². The third kappa shape index (κ3) is 2.29. The van der Waals surface area contributed by atoms with Crippen molar-refractivity contribution in [2.75, 3.05) is 19.8 Å². The van der Waals surface area contributed by atoms with Crippen molar-refractivity contribution in [3.8, 4) is 0 Å². The lowest BCUT2D eigenvalue weighted by Gasteiger charge is -2.37. The van der Waals surface area contributed by atoms with E-state index in [2.05, 4.69) is 13.8 Å². The zero-order valence-corrected chi connectivity index (χ0v) is 9.42. The fourth-order valence-corrected chi connectivity index (χ4v) is 2.48. The van der Waals surface area contributed by atoms with Gasteiger partial charge in [-0.1, -0.05) is 0 Å². The van der Waals surface area contributed by atoms with Gasteiger partial charge in [-0.05, 0) is 45.4 Å². The van der Waals surface area contributed by atoms with Gasteiger partial charge in [0.15, 0.2) is 0 Å². The first-order valence-electron chi connectivity index (χ1n) is 5.92. The summed E-state index contributed by atoms with van der Waals surface area (Å²) in [5, 5.41) is 0. The molecule has 0 aromatic carbocycles. The summed E-state index contributed by atoms with van der Waals surface area (Å²) in [7, 11) is 0. The van der Waals surface area contributed by atoms with Crippen molar-refractivity contribution in [3.05, 3.63) is 0 Å². The highest BCUT2D eigenvalue weighted by molar-refractivity contribution is 4.95. The number of ether oxygens (including phenoxy) is 2. The van der Waals surface area contributed by atoms with E-state index in [-0.39, 0.29) is 0 Å². The monoisotopic (exact) mass is 198 g/mol. The van der Waals surface area contributed by atoms with Crippen molar-refractivity contribution >= 4 is 0 Å². The van der Waals surface area contributed by atoms with Gasteiger partial charge in [-0.15, -0.1) is 0 Å². The highest BCUT2D eigenvalue weighted by atomic mass is 16.5. The largest absolute Gasteiger partial charge is 0.381 e. The van der Waals surface area contributed by atoms with Crippen LogP contribution < -0.4 is 0 Å². The SMILES string of the molecule is CC(C)OCC1(C2CC2)CCOCC1. The highest BCUT2D eigenvalue weighted by Gasteiger charge is 2.46. The zero-order valence-electron chi connectivity index (χ0n) is 9.42. The third-order valence-electron chi connectivity index (χ3n) is 3.64. The molecule has 2 heteroatoms. The van der Waals surface area contributed by atoms with Crippen molar-refractivity contribution in [1.82, 2.24) is 0 Å². The summed E-state index contributed by atoms with van der Waals surface area (Å²) >= 11 is 0. The maximum absolute atomic E-state index is 5.83. The van der Waals surface area contributed by atoms with Gasteiger partial charge >= 0.3 is 0 Å². The number of hydrogen-bond acceptors (Lipinski definition) is 2. The van der Waals surface area contributed by atoms with Crippen LogP contribution in [0.2, 0.25) is 0 Å². The molecule has 0 spiro atoms. The molecule has 1 aliphatic heterocycles. The molecule has 2 fully saturated rings. The first kappa shape index (κ1) is 10.4. The van der Waals surface area contributed by atoms with Crippen LogP contribution in [0, 0.1) is 11.3 Å². The Labute approximate surface area is 87.0 Å². The lowest BCUT2D eigenvalue weighted by atomic mass is 9.76. The van der Waals surface area contributed by atoms with Gasteiger partial charge in [0, 0.05) is 18.6 Å². The van der Waals surface area contributed by atoms with Crippen LogP contribution in [0.5, 0.6) is 0 Å². The molecule has 2 rings (SSSR count). The van der Waals surface area contributed by atoms with Crippen LogP contribution in [0.1, 0.15) is 39.5 Å². The standard InChI is InChI=1S/C12H22O2/c1-10(2)14-9-12(11-3-4-11)5-7-13-8-6-12/h10-11H,3-9H2,1-2H3. The summed E-state index contributed by atoms with van der Waals surface area (Å²) in [6.07, 6.45) is 5.63. The lowest BCUT2D eigenvalue weighted by molar-refractivity contribution is -0.0660. The Morgan fingerprint density at radius 3 is 2.43 bits per heavy atom. The molecule has 2 aliphatic rings. The Morgan fingerprint density at radius 1 is 1.29 bits per heavy atom. The van der Waals surface area contributed by atoms with Gasteiger partial charge in [0.2, 0.25) is 0 Å². The molecule has 1 heterocycles. The molecule has 0 aromatic rings. The molecule has 2 nitrogen and oxygen atoms in total. The molecule has 0 atom stereocenters. The molecule has 0 radical (unpaired) electrons. The summed E-state index contributed by atoms with van der Waals surface area (Å²) in [6, 6.07) is 0. The Bertz CT molecular complexity index is 179. The molecule has 14 heavy (non-hydrogen) atoms. The van der Waals surface area contributed by atoms with Crippen molar-refractivity contribution in [2.45, 2.75) is 45.6 Å². The molecule has 0 amide bonds. The molecule has 0 aromatic heterocycles. The van der Waals surface area contributed by atoms with Gasteiger partial charge in [-0.2, -0.15) is 0 Å². The normalized spacial score (nSPS) is 26.8. The molecule has 1 saturated carbocycles. The maximum Gasteiger partial charge on any atom is 0.0530 e. The Balaban J connectivity index is 1.91. The first-order valence-corrected chi connectivity index (χ1v) is 5.92. The smallest absolute Gasteiger partial charge is 0.0530 e. The molecule has 0 bridgehead atoms. The van der Waals surface area contributed by atoms with Crippen LogP contribution >= 0.6 is 0 Å². The fraction of sp³-hybridized carbons (Fsp3) is 1.00. The number of rotatable bonds is 4. The third-order valence-corrected chi connectivity index (χ3v) is 3.64. The molecule has 0 N–H and O–H groups in total. The predicted molar refractivity (Wildman–Crippen MR) is 56.3 cm³/mol. The topological polar surface area (TPSA) is 18.5 Å². The summed E-state index contributed by atoms with van der Waals surface area (Å²) < 4.78 is 11.3. The second-order valence-electron chi connectivity index (χ2n) is 5.11. The molecule has 82 valence electrons. The lowest BCUT2D eigenvalue weighted by Crippen LogP contribution is -2.36. The summed E-state index contributed by atoms with van der Waals surface area (Å²) in [5.41, 5.74) is 0.475. The van der Waals surface area contributed by atoms with E-state index in [1.54, 1.807) is 0 Å². The van der Waals surface area contributed by atoms with Crippen molar-refractivity contribution in [2.24, 2.45) is 11.3 Å². The van der Waals surface area contributed by atoms with E-state index in [1.807, 2.05) is 0 Å². The van der Waals surface area contributed by atoms with E-state index in [9.17, 15) is 0 Å². The molecule has 1 aliphatic carbocycles. The van der Waals surface area contributed by atoms with Crippen molar-refractivity contribution in [3.63, 3.8) is 0 Å². The summed E-state index contributed by atoms with van der Waals surface area (Å²) in [4.78, 5) is 0. The quantitative estimate of drug-likeness (QED) is 0.691. The Morgan fingerprint density at radius 2 is 1.93 bits per heavy atom. The van der Waals surface area contributed by atoms with Crippen molar-refractivity contribution in [1.29, 1.82) is 0 Å². The molecular formula is C12H22O2. The molecule has 1 saturated heterocycles. The summed E-state index contributed by atoms with van der Waals surface area (Å²) in [6.45, 7) is 7.09. The first-order chi connectivity index (χ1) is 6.73. The van der Waals surface area contributed by atoms with Gasteiger partial charge in [0.1, 0.15) is 0 Å². The van der Waals surface area contributed by atoms with E-state index >= 15 is 0 Å². The highest BCUT2D eigenvalue weighted by Crippen LogP contribution is 2.51. The van der Waals surface area contributed by atoms with E-state index < -0.39 is 0 Å². The second-order valence-corrected chi connectivity index (χ2v) is 5.11. The average molecular weight is 198 g/mol. The molecular weight excluding hydrogens is 176 g/mol. The minimum atomic E-state index is 0.369. The number of hydrogen-bond donors (Lipinski definition) is 0. The van der Waals surface area contributed by atoms with Gasteiger partial charge in [-0.25, -0.2) is 0 Å². The van der Waals surface area contributed by atoms with Gasteiger partial charge in [-0.3, -0.25) is 0 Å². The van der Waals surface area contributed by atoms with Crippen LogP contribution in [-0.4, -0.2) is 25.9 Å². The van der Waals surface area contributed by atoms with Crippen LogP contribution in [-0.2, 0) is 9.47 Å². The predicted octanol–water partition coefficient (Wildman–Crippen LogP) is 2.62. The average Bonchev–Trinajstić information content (AvgIpc) is 3.00. The zero-order chi connectivity index (χ0) is 10.0. The van der Waals surface area contributed by atoms with E-state index in [1.165, 1.54) is 25.7 Å². The molecule has 0 unspecified atom stereocenters. The van der Waals surface area contributed by atoms with Crippen LogP contribution in [0.3, 0.4) is 0 Å². The van der Waals surface area contributed by atoms with Crippen LogP contribution in [0.25, 0.3) is 0 Å².